The fourth-order valence-corrected chi connectivity index (χ4v) is 2.36. The summed E-state index contributed by atoms with van der Waals surface area (Å²) in [5, 5.41) is 3.64. The molecule has 2 fully saturated rings. The van der Waals surface area contributed by atoms with Crippen molar-refractivity contribution in [1.82, 2.24) is 10.2 Å². The Labute approximate surface area is 88.1 Å². The maximum absolute atomic E-state index is 3.64. The van der Waals surface area contributed by atoms with Crippen molar-refractivity contribution in [1.29, 1.82) is 0 Å². The van der Waals surface area contributed by atoms with Gasteiger partial charge in [0.1, 0.15) is 0 Å². The SMILES string of the molecule is CC1CCN(CC2CC2)CCC(C)N1. The molecule has 2 nitrogen and oxygen atoms in total. The Morgan fingerprint density at radius 3 is 2.07 bits per heavy atom. The Morgan fingerprint density at radius 1 is 1.00 bits per heavy atom. The summed E-state index contributed by atoms with van der Waals surface area (Å²) in [6, 6.07) is 1.40. The zero-order valence-electron chi connectivity index (χ0n) is 9.63. The maximum Gasteiger partial charge on any atom is 0.00533 e. The van der Waals surface area contributed by atoms with Crippen LogP contribution in [0.25, 0.3) is 0 Å². The van der Waals surface area contributed by atoms with E-state index in [2.05, 4.69) is 24.1 Å². The quantitative estimate of drug-likeness (QED) is 0.725. The van der Waals surface area contributed by atoms with Crippen LogP contribution in [0.4, 0.5) is 0 Å². The van der Waals surface area contributed by atoms with Gasteiger partial charge < -0.3 is 10.2 Å². The molecule has 2 heteroatoms. The fraction of sp³-hybridized carbons (Fsp3) is 1.00. The lowest BCUT2D eigenvalue weighted by Crippen LogP contribution is -2.43. The third kappa shape index (κ3) is 3.25. The van der Waals surface area contributed by atoms with Crippen LogP contribution in [0.5, 0.6) is 0 Å². The molecule has 2 unspecified atom stereocenters. The molecule has 1 aliphatic carbocycles. The lowest BCUT2D eigenvalue weighted by Gasteiger charge is -2.30. The third-order valence-corrected chi connectivity index (χ3v) is 3.54. The molecule has 1 saturated heterocycles. The molecule has 14 heavy (non-hydrogen) atoms. The van der Waals surface area contributed by atoms with Crippen LogP contribution in [0.3, 0.4) is 0 Å². The summed E-state index contributed by atoms with van der Waals surface area (Å²) in [4.78, 5) is 2.69. The van der Waals surface area contributed by atoms with Crippen LogP contribution in [-0.4, -0.2) is 36.6 Å². The van der Waals surface area contributed by atoms with Crippen molar-refractivity contribution in [3.8, 4) is 0 Å². The largest absolute Gasteiger partial charge is 0.312 e. The molecular formula is C12H24N2. The van der Waals surface area contributed by atoms with Crippen LogP contribution in [0.1, 0.15) is 39.5 Å². The van der Waals surface area contributed by atoms with Gasteiger partial charge in [-0.05, 0) is 58.5 Å². The van der Waals surface area contributed by atoms with Gasteiger partial charge in [-0.1, -0.05) is 0 Å². The predicted octanol–water partition coefficient (Wildman–Crippen LogP) is 1.86. The second-order valence-corrected chi connectivity index (χ2v) is 5.29. The lowest BCUT2D eigenvalue weighted by atomic mass is 10.1. The standard InChI is InChI=1S/C12H24N2/c1-10-5-7-14(9-12-3-4-12)8-6-11(2)13-10/h10-13H,3-9H2,1-2H3. The maximum atomic E-state index is 3.64. The fourth-order valence-electron chi connectivity index (χ4n) is 2.36. The first-order valence-corrected chi connectivity index (χ1v) is 6.22. The van der Waals surface area contributed by atoms with Gasteiger partial charge in [-0.25, -0.2) is 0 Å². The first-order chi connectivity index (χ1) is 6.74. The number of nitrogens with one attached hydrogen (secondary N) is 1. The van der Waals surface area contributed by atoms with Crippen LogP contribution in [0, 0.1) is 5.92 Å². The van der Waals surface area contributed by atoms with Gasteiger partial charge in [0.2, 0.25) is 0 Å². The molecular weight excluding hydrogens is 172 g/mol. The van der Waals surface area contributed by atoms with Crippen molar-refractivity contribution in [2.24, 2.45) is 5.92 Å². The molecule has 0 aromatic heterocycles. The van der Waals surface area contributed by atoms with Crippen LogP contribution in [0.2, 0.25) is 0 Å². The van der Waals surface area contributed by atoms with Crippen molar-refractivity contribution < 1.29 is 0 Å². The zero-order valence-corrected chi connectivity index (χ0v) is 9.63. The average molecular weight is 196 g/mol. The molecule has 0 spiro atoms. The highest BCUT2D eigenvalue weighted by molar-refractivity contribution is 4.80. The van der Waals surface area contributed by atoms with Crippen molar-refractivity contribution in [2.75, 3.05) is 19.6 Å². The van der Waals surface area contributed by atoms with Crippen molar-refractivity contribution in [3.05, 3.63) is 0 Å². The summed E-state index contributed by atoms with van der Waals surface area (Å²) >= 11 is 0. The normalized spacial score (nSPS) is 36.4. The molecule has 2 rings (SSSR count). The van der Waals surface area contributed by atoms with Gasteiger partial charge in [-0.2, -0.15) is 0 Å². The molecule has 1 saturated carbocycles. The van der Waals surface area contributed by atoms with Crippen molar-refractivity contribution in [3.63, 3.8) is 0 Å². The van der Waals surface area contributed by atoms with Crippen molar-refractivity contribution in [2.45, 2.75) is 51.6 Å². The summed E-state index contributed by atoms with van der Waals surface area (Å²) in [7, 11) is 0. The van der Waals surface area contributed by atoms with E-state index in [-0.39, 0.29) is 0 Å². The van der Waals surface area contributed by atoms with Gasteiger partial charge in [-0.3, -0.25) is 0 Å². The summed E-state index contributed by atoms with van der Waals surface area (Å²) < 4.78 is 0. The molecule has 0 aromatic rings. The van der Waals surface area contributed by atoms with Gasteiger partial charge in [0.25, 0.3) is 0 Å². The van der Waals surface area contributed by atoms with Crippen LogP contribution in [0.15, 0.2) is 0 Å². The molecule has 0 radical (unpaired) electrons. The number of hydrogen-bond acceptors (Lipinski definition) is 2. The van der Waals surface area contributed by atoms with E-state index >= 15 is 0 Å². The summed E-state index contributed by atoms with van der Waals surface area (Å²) in [6.07, 6.45) is 5.60. The first kappa shape index (κ1) is 10.4. The number of hydrogen-bond donors (Lipinski definition) is 1. The van der Waals surface area contributed by atoms with E-state index in [1.165, 1.54) is 45.3 Å². The molecule has 1 heterocycles. The zero-order chi connectivity index (χ0) is 9.97. The third-order valence-electron chi connectivity index (χ3n) is 3.54. The van der Waals surface area contributed by atoms with Crippen LogP contribution < -0.4 is 5.32 Å². The Balaban J connectivity index is 1.78. The van der Waals surface area contributed by atoms with E-state index in [0.717, 1.165) is 5.92 Å². The smallest absolute Gasteiger partial charge is 0.00533 e. The second kappa shape index (κ2) is 4.63. The Kier molecular flexibility index (Phi) is 3.45. The molecule has 2 atom stereocenters. The van der Waals surface area contributed by atoms with Gasteiger partial charge >= 0.3 is 0 Å². The van der Waals surface area contributed by atoms with Gasteiger partial charge in [0.15, 0.2) is 0 Å². The van der Waals surface area contributed by atoms with Crippen molar-refractivity contribution >= 4 is 0 Å². The summed E-state index contributed by atoms with van der Waals surface area (Å²) in [6.45, 7) is 8.61. The highest BCUT2D eigenvalue weighted by Gasteiger charge is 2.25. The van der Waals surface area contributed by atoms with E-state index in [1.54, 1.807) is 0 Å². The Bertz CT molecular complexity index is 165. The summed E-state index contributed by atoms with van der Waals surface area (Å²) in [5.74, 6) is 1.05. The minimum atomic E-state index is 0.701. The Hall–Kier alpha value is -0.0800. The highest BCUT2D eigenvalue weighted by Crippen LogP contribution is 2.30. The van der Waals surface area contributed by atoms with Gasteiger partial charge in [-0.15, -0.1) is 0 Å². The molecule has 0 bridgehead atoms. The molecule has 1 aliphatic heterocycles. The highest BCUT2D eigenvalue weighted by atomic mass is 15.1. The molecule has 1 N–H and O–H groups in total. The van der Waals surface area contributed by atoms with E-state index in [9.17, 15) is 0 Å². The first-order valence-electron chi connectivity index (χ1n) is 6.22. The van der Waals surface area contributed by atoms with E-state index < -0.39 is 0 Å². The van der Waals surface area contributed by atoms with E-state index in [1.807, 2.05) is 0 Å². The molecule has 0 amide bonds. The number of rotatable bonds is 2. The number of nitrogens with zero attached hydrogens (tertiary/aromatic N) is 1. The summed E-state index contributed by atoms with van der Waals surface area (Å²) in [5.41, 5.74) is 0. The monoisotopic (exact) mass is 196 g/mol. The van der Waals surface area contributed by atoms with E-state index in [0.29, 0.717) is 12.1 Å². The van der Waals surface area contributed by atoms with Gasteiger partial charge in [0.05, 0.1) is 0 Å². The minimum Gasteiger partial charge on any atom is -0.312 e. The minimum absolute atomic E-state index is 0.701. The lowest BCUT2D eigenvalue weighted by molar-refractivity contribution is 0.212. The van der Waals surface area contributed by atoms with Gasteiger partial charge in [0, 0.05) is 18.6 Å². The molecule has 2 aliphatic rings. The molecule has 0 aromatic carbocycles. The average Bonchev–Trinajstić information content (AvgIpc) is 2.91. The Morgan fingerprint density at radius 2 is 1.57 bits per heavy atom. The second-order valence-electron chi connectivity index (χ2n) is 5.29. The molecule has 82 valence electrons. The van der Waals surface area contributed by atoms with Crippen LogP contribution in [-0.2, 0) is 0 Å². The van der Waals surface area contributed by atoms with Crippen LogP contribution >= 0.6 is 0 Å². The van der Waals surface area contributed by atoms with E-state index in [4.69, 9.17) is 0 Å². The topological polar surface area (TPSA) is 15.3 Å². The predicted molar refractivity (Wildman–Crippen MR) is 60.5 cm³/mol.